The summed E-state index contributed by atoms with van der Waals surface area (Å²) < 4.78 is 0. The fourth-order valence-electron chi connectivity index (χ4n) is 5.20. The van der Waals surface area contributed by atoms with E-state index in [4.69, 9.17) is 0 Å². The summed E-state index contributed by atoms with van der Waals surface area (Å²) in [6.45, 7) is 12.8. The minimum atomic E-state index is -0.910. The van der Waals surface area contributed by atoms with Gasteiger partial charge in [-0.1, -0.05) is 88.4 Å². The van der Waals surface area contributed by atoms with Crippen molar-refractivity contribution in [2.24, 2.45) is 0 Å². The van der Waals surface area contributed by atoms with Gasteiger partial charge in [-0.25, -0.2) is 4.79 Å². The third-order valence-corrected chi connectivity index (χ3v) is 8.05. The van der Waals surface area contributed by atoms with E-state index in [1.165, 1.54) is 22.3 Å². The Kier molecular flexibility index (Phi) is 8.58. The molecule has 0 heterocycles. The first-order chi connectivity index (χ1) is 17.1. The van der Waals surface area contributed by atoms with Crippen LogP contribution in [0.4, 0.5) is 0 Å². The van der Waals surface area contributed by atoms with Gasteiger partial charge in [-0.05, 0) is 90.6 Å². The van der Waals surface area contributed by atoms with Gasteiger partial charge in [0.25, 0.3) is 0 Å². The molecule has 190 valence electrons. The van der Waals surface area contributed by atoms with E-state index < -0.39 is 11.6 Å². The second-order valence-corrected chi connectivity index (χ2v) is 9.92. The number of aryl methyl sites for hydroxylation is 2. The summed E-state index contributed by atoms with van der Waals surface area (Å²) >= 11 is 0. The van der Waals surface area contributed by atoms with E-state index in [1.54, 1.807) is 12.1 Å². The predicted octanol–water partition coefficient (Wildman–Crippen LogP) is 8.34. The van der Waals surface area contributed by atoms with Crippen LogP contribution >= 0.6 is 0 Å². The van der Waals surface area contributed by atoms with Crippen molar-refractivity contribution in [3.05, 3.63) is 100 Å². The summed E-state index contributed by atoms with van der Waals surface area (Å²) in [5, 5.41) is 19.8. The highest BCUT2D eigenvalue weighted by atomic mass is 16.4. The second kappa shape index (κ2) is 11.3. The maximum atomic E-state index is 11.2. The topological polar surface area (TPSA) is 57.5 Å². The van der Waals surface area contributed by atoms with Gasteiger partial charge in [0.15, 0.2) is 0 Å². The highest BCUT2D eigenvalue weighted by Gasteiger charge is 2.31. The quantitative estimate of drug-likeness (QED) is 0.304. The third-order valence-electron chi connectivity index (χ3n) is 8.05. The van der Waals surface area contributed by atoms with Gasteiger partial charge in [0.1, 0.15) is 0 Å². The fraction of sp³-hybridized carbons (Fsp3) is 0.364. The highest BCUT2D eigenvalue weighted by Crippen LogP contribution is 2.41. The molecule has 3 nitrogen and oxygen atoms in total. The Morgan fingerprint density at radius 1 is 0.778 bits per heavy atom. The molecule has 0 saturated heterocycles. The van der Waals surface area contributed by atoms with Gasteiger partial charge in [0.2, 0.25) is 0 Å². The van der Waals surface area contributed by atoms with E-state index in [2.05, 4.69) is 70.2 Å². The lowest BCUT2D eigenvalue weighted by Crippen LogP contribution is -2.26. The molecular formula is C33H40O3. The van der Waals surface area contributed by atoms with Crippen molar-refractivity contribution in [3.8, 4) is 11.1 Å². The standard InChI is InChI=1S/C33H40O3/c1-7-32(36,8-2)20-19-25-15-16-28(21-23(25)5)33(9-3,10-4)29-17-18-30(24(6)22-29)26-11-13-27(14-12-26)31(34)35/h11-22,36H,7-10H2,1-6H3,(H,34,35)/b20-19+. The number of rotatable bonds is 10. The van der Waals surface area contributed by atoms with Gasteiger partial charge in [-0.2, -0.15) is 0 Å². The van der Waals surface area contributed by atoms with E-state index >= 15 is 0 Å². The molecule has 0 saturated carbocycles. The third kappa shape index (κ3) is 5.47. The van der Waals surface area contributed by atoms with Crippen LogP contribution in [0.5, 0.6) is 0 Å². The van der Waals surface area contributed by atoms with Crippen LogP contribution in [0.15, 0.2) is 66.7 Å². The zero-order valence-corrected chi connectivity index (χ0v) is 22.6. The Labute approximate surface area is 216 Å². The molecule has 0 aromatic heterocycles. The van der Waals surface area contributed by atoms with Gasteiger partial charge in [0.05, 0.1) is 11.2 Å². The van der Waals surface area contributed by atoms with Crippen LogP contribution in [0.2, 0.25) is 0 Å². The van der Waals surface area contributed by atoms with Gasteiger partial charge in [-0.15, -0.1) is 0 Å². The lowest BCUT2D eigenvalue weighted by Gasteiger charge is -2.34. The zero-order chi connectivity index (χ0) is 26.5. The number of carboxylic acids is 1. The molecule has 3 heteroatoms. The van der Waals surface area contributed by atoms with Gasteiger partial charge in [-0.3, -0.25) is 0 Å². The molecule has 0 aliphatic heterocycles. The summed E-state index contributed by atoms with van der Waals surface area (Å²) in [7, 11) is 0. The molecule has 0 amide bonds. The monoisotopic (exact) mass is 484 g/mol. The normalized spacial score (nSPS) is 12.3. The molecule has 2 N–H and O–H groups in total. The van der Waals surface area contributed by atoms with E-state index in [1.807, 2.05) is 32.1 Å². The molecule has 3 aromatic carbocycles. The molecule has 3 rings (SSSR count). The summed E-state index contributed by atoms with van der Waals surface area (Å²) in [5.41, 5.74) is 7.70. The van der Waals surface area contributed by atoms with Crippen molar-refractivity contribution in [3.63, 3.8) is 0 Å². The molecule has 0 bridgehead atoms. The molecule has 0 fully saturated rings. The zero-order valence-electron chi connectivity index (χ0n) is 22.6. The predicted molar refractivity (Wildman–Crippen MR) is 151 cm³/mol. The first-order valence-electron chi connectivity index (χ1n) is 13.1. The van der Waals surface area contributed by atoms with E-state index in [9.17, 15) is 15.0 Å². The number of carbonyl (C=O) groups is 1. The molecule has 36 heavy (non-hydrogen) atoms. The van der Waals surface area contributed by atoms with E-state index in [-0.39, 0.29) is 5.41 Å². The van der Waals surface area contributed by atoms with Gasteiger partial charge in [0, 0.05) is 5.41 Å². The molecular weight excluding hydrogens is 444 g/mol. The van der Waals surface area contributed by atoms with Crippen molar-refractivity contribution in [1.82, 2.24) is 0 Å². The van der Waals surface area contributed by atoms with Crippen LogP contribution in [0.25, 0.3) is 17.2 Å². The van der Waals surface area contributed by atoms with E-state index in [0.717, 1.165) is 29.5 Å². The Balaban J connectivity index is 1.99. The van der Waals surface area contributed by atoms with Crippen molar-refractivity contribution in [2.75, 3.05) is 0 Å². The Morgan fingerprint density at radius 3 is 1.81 bits per heavy atom. The molecule has 0 atom stereocenters. The van der Waals surface area contributed by atoms with Crippen molar-refractivity contribution < 1.29 is 15.0 Å². The smallest absolute Gasteiger partial charge is 0.335 e. The average molecular weight is 485 g/mol. The first-order valence-corrected chi connectivity index (χ1v) is 13.1. The van der Waals surface area contributed by atoms with Crippen molar-refractivity contribution in [1.29, 1.82) is 0 Å². The molecule has 3 aromatic rings. The molecule has 0 unspecified atom stereocenters. The van der Waals surface area contributed by atoms with Crippen LogP contribution < -0.4 is 0 Å². The van der Waals surface area contributed by atoms with Crippen molar-refractivity contribution in [2.45, 2.75) is 78.2 Å². The SMILES string of the molecule is CCC(O)(/C=C/c1ccc(C(CC)(CC)c2ccc(-c3ccc(C(=O)O)cc3)c(C)c2)cc1C)CC. The minimum Gasteiger partial charge on any atom is -0.478 e. The number of aromatic carboxylic acids is 1. The number of carboxylic acid groups (broad SMARTS) is 1. The minimum absolute atomic E-state index is 0.100. The van der Waals surface area contributed by atoms with Crippen LogP contribution in [-0.4, -0.2) is 21.8 Å². The van der Waals surface area contributed by atoms with Gasteiger partial charge < -0.3 is 10.2 Å². The number of hydrogen-bond acceptors (Lipinski definition) is 2. The molecule has 0 radical (unpaired) electrons. The lowest BCUT2D eigenvalue weighted by molar-refractivity contribution is 0.0696. The number of hydrogen-bond donors (Lipinski definition) is 2. The highest BCUT2D eigenvalue weighted by molar-refractivity contribution is 5.88. The largest absolute Gasteiger partial charge is 0.478 e. The second-order valence-electron chi connectivity index (χ2n) is 9.92. The fourth-order valence-corrected chi connectivity index (χ4v) is 5.20. The van der Waals surface area contributed by atoms with E-state index in [0.29, 0.717) is 18.4 Å². The number of aliphatic hydroxyl groups is 1. The van der Waals surface area contributed by atoms with Crippen LogP contribution in [0.1, 0.15) is 91.6 Å². The average Bonchev–Trinajstić information content (AvgIpc) is 2.89. The first kappa shape index (κ1) is 27.4. The Morgan fingerprint density at radius 2 is 1.33 bits per heavy atom. The van der Waals surface area contributed by atoms with Crippen LogP contribution in [-0.2, 0) is 5.41 Å². The van der Waals surface area contributed by atoms with Crippen LogP contribution in [0, 0.1) is 13.8 Å². The summed E-state index contributed by atoms with van der Waals surface area (Å²) in [4.78, 5) is 11.2. The summed E-state index contributed by atoms with van der Waals surface area (Å²) in [5.74, 6) is -0.910. The summed E-state index contributed by atoms with van der Waals surface area (Å²) in [6, 6.07) is 20.5. The van der Waals surface area contributed by atoms with Gasteiger partial charge >= 0.3 is 5.97 Å². The van der Waals surface area contributed by atoms with Crippen LogP contribution in [0.3, 0.4) is 0 Å². The molecule has 0 aliphatic rings. The number of benzene rings is 3. The molecule has 0 aliphatic carbocycles. The maximum Gasteiger partial charge on any atom is 0.335 e. The Hall–Kier alpha value is -3.17. The lowest BCUT2D eigenvalue weighted by atomic mass is 9.69. The Bertz CT molecular complexity index is 1230. The van der Waals surface area contributed by atoms with Crippen molar-refractivity contribution >= 4 is 12.0 Å². The molecule has 0 spiro atoms. The maximum absolute atomic E-state index is 11.2. The summed E-state index contributed by atoms with van der Waals surface area (Å²) in [6.07, 6.45) is 7.36.